The van der Waals surface area contributed by atoms with Gasteiger partial charge in [0.15, 0.2) is 0 Å². The smallest absolute Gasteiger partial charge is 0.114 e. The molecule has 1 atom stereocenters. The lowest BCUT2D eigenvalue weighted by Gasteiger charge is -2.11. The number of aliphatic hydroxyl groups excluding tert-OH is 1. The molecule has 1 heterocycles. The van der Waals surface area contributed by atoms with Gasteiger partial charge in [0.05, 0.1) is 3.79 Å². The van der Waals surface area contributed by atoms with E-state index in [0.717, 1.165) is 27.8 Å². The molecular formula is C12H9Br2IOS. The molecule has 2 aromatic rings. The van der Waals surface area contributed by atoms with Crippen molar-refractivity contribution in [3.63, 3.8) is 0 Å². The van der Waals surface area contributed by atoms with Gasteiger partial charge >= 0.3 is 0 Å². The van der Waals surface area contributed by atoms with E-state index in [4.69, 9.17) is 0 Å². The van der Waals surface area contributed by atoms with Gasteiger partial charge in [-0.15, -0.1) is 11.3 Å². The lowest BCUT2D eigenvalue weighted by molar-refractivity contribution is 0.223. The van der Waals surface area contributed by atoms with E-state index in [-0.39, 0.29) is 0 Å². The molecule has 1 N–H and O–H groups in total. The minimum Gasteiger partial charge on any atom is -0.383 e. The van der Waals surface area contributed by atoms with E-state index in [2.05, 4.69) is 54.5 Å². The topological polar surface area (TPSA) is 20.2 Å². The van der Waals surface area contributed by atoms with Crippen LogP contribution < -0.4 is 0 Å². The van der Waals surface area contributed by atoms with Crippen LogP contribution in [0.3, 0.4) is 0 Å². The SMILES string of the molecule is Cc1cc(C(O)c2cc(Br)ccc2I)sc1Br. The maximum atomic E-state index is 10.4. The van der Waals surface area contributed by atoms with E-state index in [1.165, 1.54) is 0 Å². The van der Waals surface area contributed by atoms with Gasteiger partial charge in [0.25, 0.3) is 0 Å². The third kappa shape index (κ3) is 3.12. The van der Waals surface area contributed by atoms with Crippen molar-refractivity contribution in [2.24, 2.45) is 0 Å². The zero-order chi connectivity index (χ0) is 12.6. The molecule has 1 unspecified atom stereocenters. The van der Waals surface area contributed by atoms with Crippen LogP contribution in [0.2, 0.25) is 0 Å². The summed E-state index contributed by atoms with van der Waals surface area (Å²) < 4.78 is 3.14. The summed E-state index contributed by atoms with van der Waals surface area (Å²) in [5.41, 5.74) is 2.10. The molecule has 0 radical (unpaired) electrons. The van der Waals surface area contributed by atoms with E-state index >= 15 is 0 Å². The van der Waals surface area contributed by atoms with Crippen LogP contribution in [0, 0.1) is 10.5 Å². The number of benzene rings is 1. The molecule has 0 aliphatic heterocycles. The van der Waals surface area contributed by atoms with Crippen molar-refractivity contribution in [2.75, 3.05) is 0 Å². The van der Waals surface area contributed by atoms with E-state index in [1.807, 2.05) is 31.2 Å². The number of aliphatic hydroxyl groups is 1. The third-order valence-corrected chi connectivity index (χ3v) is 6.06. The largest absolute Gasteiger partial charge is 0.383 e. The number of rotatable bonds is 2. The second kappa shape index (κ2) is 5.69. The van der Waals surface area contributed by atoms with Gasteiger partial charge < -0.3 is 5.11 Å². The molecule has 0 amide bonds. The summed E-state index contributed by atoms with van der Waals surface area (Å²) in [5, 5.41) is 10.4. The highest BCUT2D eigenvalue weighted by molar-refractivity contribution is 14.1. The Kier molecular flexibility index (Phi) is 4.68. The van der Waals surface area contributed by atoms with Crippen LogP contribution in [0.4, 0.5) is 0 Å². The molecule has 0 saturated carbocycles. The van der Waals surface area contributed by atoms with Crippen LogP contribution in [0.5, 0.6) is 0 Å². The van der Waals surface area contributed by atoms with Crippen LogP contribution in [-0.2, 0) is 0 Å². The lowest BCUT2D eigenvalue weighted by Crippen LogP contribution is -1.99. The van der Waals surface area contributed by atoms with Gasteiger partial charge in [-0.3, -0.25) is 0 Å². The summed E-state index contributed by atoms with van der Waals surface area (Å²) in [6, 6.07) is 7.97. The monoisotopic (exact) mass is 486 g/mol. The molecular weight excluding hydrogens is 479 g/mol. The fraction of sp³-hybridized carbons (Fsp3) is 0.167. The summed E-state index contributed by atoms with van der Waals surface area (Å²) in [6.45, 7) is 2.03. The number of hydrogen-bond donors (Lipinski definition) is 1. The molecule has 5 heteroatoms. The van der Waals surface area contributed by atoms with Gasteiger partial charge in [-0.05, 0) is 75.3 Å². The third-order valence-electron chi connectivity index (χ3n) is 2.40. The molecule has 2 rings (SSSR count). The molecule has 0 aliphatic rings. The normalized spacial score (nSPS) is 12.8. The summed E-state index contributed by atoms with van der Waals surface area (Å²) in [7, 11) is 0. The van der Waals surface area contributed by atoms with Crippen molar-refractivity contribution in [1.29, 1.82) is 0 Å². The molecule has 0 aliphatic carbocycles. The summed E-state index contributed by atoms with van der Waals surface area (Å²) >= 11 is 10.7. The zero-order valence-electron chi connectivity index (χ0n) is 8.88. The molecule has 0 fully saturated rings. The molecule has 90 valence electrons. The van der Waals surface area contributed by atoms with E-state index in [1.54, 1.807) is 11.3 Å². The van der Waals surface area contributed by atoms with Crippen molar-refractivity contribution < 1.29 is 5.11 Å². The molecule has 0 bridgehead atoms. The van der Waals surface area contributed by atoms with E-state index in [9.17, 15) is 5.11 Å². The standard InChI is InChI=1S/C12H9Br2IOS/c1-6-4-10(17-12(6)14)11(16)8-5-7(13)2-3-9(8)15/h2-5,11,16H,1H3. The van der Waals surface area contributed by atoms with Crippen molar-refractivity contribution in [2.45, 2.75) is 13.0 Å². The minimum absolute atomic E-state index is 0.561. The molecule has 17 heavy (non-hydrogen) atoms. The van der Waals surface area contributed by atoms with Crippen LogP contribution >= 0.6 is 65.8 Å². The predicted octanol–water partition coefficient (Wildman–Crippen LogP) is 5.27. The Balaban J connectivity index is 2.42. The number of hydrogen-bond acceptors (Lipinski definition) is 2. The van der Waals surface area contributed by atoms with Gasteiger partial charge in [0, 0.05) is 18.5 Å². The Labute approximate surface area is 135 Å². The highest BCUT2D eigenvalue weighted by Crippen LogP contribution is 2.36. The first kappa shape index (κ1) is 14.0. The van der Waals surface area contributed by atoms with E-state index in [0.29, 0.717) is 0 Å². The molecule has 0 spiro atoms. The first-order valence-electron chi connectivity index (χ1n) is 4.88. The maximum absolute atomic E-state index is 10.4. The molecule has 0 saturated heterocycles. The summed E-state index contributed by atoms with van der Waals surface area (Å²) in [4.78, 5) is 0.963. The van der Waals surface area contributed by atoms with Gasteiger partial charge in [-0.25, -0.2) is 0 Å². The highest BCUT2D eigenvalue weighted by Gasteiger charge is 2.17. The lowest BCUT2D eigenvalue weighted by atomic mass is 10.1. The second-order valence-corrected chi connectivity index (χ2v) is 8.15. The predicted molar refractivity (Wildman–Crippen MR) is 87.7 cm³/mol. The van der Waals surface area contributed by atoms with Crippen molar-refractivity contribution in [1.82, 2.24) is 0 Å². The fourth-order valence-electron chi connectivity index (χ4n) is 1.50. The molecule has 1 aromatic carbocycles. The van der Waals surface area contributed by atoms with Crippen molar-refractivity contribution in [3.8, 4) is 0 Å². The van der Waals surface area contributed by atoms with Crippen molar-refractivity contribution in [3.05, 3.63) is 52.1 Å². The average molecular weight is 488 g/mol. The van der Waals surface area contributed by atoms with Crippen LogP contribution in [-0.4, -0.2) is 5.11 Å². The number of halogens is 3. The van der Waals surface area contributed by atoms with Gasteiger partial charge in [0.1, 0.15) is 6.10 Å². The van der Waals surface area contributed by atoms with Gasteiger partial charge in [-0.1, -0.05) is 15.9 Å². The van der Waals surface area contributed by atoms with Crippen LogP contribution in [0.1, 0.15) is 22.1 Å². The quantitative estimate of drug-likeness (QED) is 0.572. The minimum atomic E-state index is -0.561. The summed E-state index contributed by atoms with van der Waals surface area (Å²) in [5.74, 6) is 0. The summed E-state index contributed by atoms with van der Waals surface area (Å²) in [6.07, 6.45) is -0.561. The molecule has 1 nitrogen and oxygen atoms in total. The maximum Gasteiger partial charge on any atom is 0.114 e. The Hall–Kier alpha value is 0.570. The zero-order valence-corrected chi connectivity index (χ0v) is 15.0. The molecule has 1 aromatic heterocycles. The Morgan fingerprint density at radius 1 is 1.29 bits per heavy atom. The van der Waals surface area contributed by atoms with Crippen molar-refractivity contribution >= 4 is 65.8 Å². The highest BCUT2D eigenvalue weighted by atomic mass is 127. The average Bonchev–Trinajstić information content (AvgIpc) is 2.62. The Morgan fingerprint density at radius 3 is 2.59 bits per heavy atom. The van der Waals surface area contributed by atoms with Crippen LogP contribution in [0.25, 0.3) is 0 Å². The number of aryl methyl sites for hydroxylation is 1. The van der Waals surface area contributed by atoms with Gasteiger partial charge in [0.2, 0.25) is 0 Å². The second-order valence-electron chi connectivity index (χ2n) is 3.67. The van der Waals surface area contributed by atoms with Crippen LogP contribution in [0.15, 0.2) is 32.5 Å². The van der Waals surface area contributed by atoms with E-state index < -0.39 is 6.10 Å². The Morgan fingerprint density at radius 2 is 2.00 bits per heavy atom. The first-order chi connectivity index (χ1) is 7.99. The Bertz CT molecular complexity index is 534. The first-order valence-corrected chi connectivity index (χ1v) is 8.36. The fourth-order valence-corrected chi connectivity index (χ4v) is 4.08. The van der Waals surface area contributed by atoms with Gasteiger partial charge in [-0.2, -0.15) is 0 Å². The number of thiophene rings is 1.